The van der Waals surface area contributed by atoms with Gasteiger partial charge in [-0.1, -0.05) is 19.1 Å². The Morgan fingerprint density at radius 3 is 2.83 bits per heavy atom. The van der Waals surface area contributed by atoms with Gasteiger partial charge in [-0.05, 0) is 44.7 Å². The molecule has 1 aliphatic rings. The molecule has 3 N–H and O–H groups in total. The molecule has 1 heterocycles. The lowest BCUT2D eigenvalue weighted by molar-refractivity contribution is -0.120. The van der Waals surface area contributed by atoms with Gasteiger partial charge in [0.2, 0.25) is 5.91 Å². The maximum Gasteiger partial charge on any atom is 0.221 e. The van der Waals surface area contributed by atoms with Crippen LogP contribution < -0.4 is 20.7 Å². The normalized spacial score (nSPS) is 16.5. The number of amides is 1. The first-order valence-electron chi connectivity index (χ1n) is 10.7. The highest BCUT2D eigenvalue weighted by molar-refractivity contribution is 5.81. The highest BCUT2D eigenvalue weighted by Gasteiger charge is 2.17. The zero-order chi connectivity index (χ0) is 20.9. The third-order valence-electron chi connectivity index (χ3n) is 4.64. The van der Waals surface area contributed by atoms with Gasteiger partial charge in [0.25, 0.3) is 0 Å². The molecule has 1 saturated heterocycles. The molecule has 0 saturated carbocycles. The zero-order valence-corrected chi connectivity index (χ0v) is 18.1. The second-order valence-corrected chi connectivity index (χ2v) is 7.28. The van der Waals surface area contributed by atoms with Crippen LogP contribution in [0.1, 0.15) is 50.7 Å². The lowest BCUT2D eigenvalue weighted by atomic mass is 10.1. The van der Waals surface area contributed by atoms with Crippen LogP contribution in [0, 0.1) is 6.92 Å². The summed E-state index contributed by atoms with van der Waals surface area (Å²) in [4.78, 5) is 16.4. The highest BCUT2D eigenvalue weighted by Crippen LogP contribution is 2.23. The number of aryl methyl sites for hydroxylation is 1. The van der Waals surface area contributed by atoms with E-state index in [1.54, 1.807) is 0 Å². The number of carbonyl (C=O) groups is 1. The van der Waals surface area contributed by atoms with E-state index in [9.17, 15) is 4.79 Å². The number of aliphatic imine (C=N–C) groups is 1. The predicted molar refractivity (Wildman–Crippen MR) is 116 cm³/mol. The molecule has 7 nitrogen and oxygen atoms in total. The number of hydrogen-bond donors (Lipinski definition) is 3. The van der Waals surface area contributed by atoms with Crippen LogP contribution in [0.15, 0.2) is 23.2 Å². The molecule has 0 aliphatic carbocycles. The first-order chi connectivity index (χ1) is 14.1. The number of hydrogen-bond acceptors (Lipinski definition) is 4. The fourth-order valence-electron chi connectivity index (χ4n) is 3.04. The minimum atomic E-state index is 0.0542. The van der Waals surface area contributed by atoms with Crippen molar-refractivity contribution < 1.29 is 14.3 Å². The fourth-order valence-corrected chi connectivity index (χ4v) is 3.04. The molecule has 0 radical (unpaired) electrons. The van der Waals surface area contributed by atoms with Gasteiger partial charge in [-0.2, -0.15) is 0 Å². The van der Waals surface area contributed by atoms with Crippen molar-refractivity contribution in [3.63, 3.8) is 0 Å². The first kappa shape index (κ1) is 23.0. The van der Waals surface area contributed by atoms with E-state index < -0.39 is 0 Å². The van der Waals surface area contributed by atoms with Gasteiger partial charge >= 0.3 is 0 Å². The van der Waals surface area contributed by atoms with Crippen LogP contribution in [0.3, 0.4) is 0 Å². The lowest BCUT2D eigenvalue weighted by Gasteiger charge is -2.15. The van der Waals surface area contributed by atoms with Crippen LogP contribution in [-0.4, -0.2) is 50.8 Å². The summed E-state index contributed by atoms with van der Waals surface area (Å²) in [5.74, 6) is 1.61. The smallest absolute Gasteiger partial charge is 0.221 e. The molecule has 2 rings (SSSR count). The highest BCUT2D eigenvalue weighted by atomic mass is 16.5. The summed E-state index contributed by atoms with van der Waals surface area (Å²) >= 11 is 0. The fraction of sp³-hybridized carbons (Fsp3) is 0.636. The van der Waals surface area contributed by atoms with Crippen molar-refractivity contribution in [2.24, 2.45) is 4.99 Å². The Balaban J connectivity index is 1.91. The summed E-state index contributed by atoms with van der Waals surface area (Å²) in [5.41, 5.74) is 2.19. The van der Waals surface area contributed by atoms with Crippen LogP contribution >= 0.6 is 0 Å². The van der Waals surface area contributed by atoms with Crippen LogP contribution in [0.5, 0.6) is 5.75 Å². The Bertz CT molecular complexity index is 657. The summed E-state index contributed by atoms with van der Waals surface area (Å²) in [5, 5.41) is 9.33. The minimum absolute atomic E-state index is 0.0542. The van der Waals surface area contributed by atoms with Crippen LogP contribution in [-0.2, 0) is 16.1 Å². The SMILES string of the molecule is CCCNC(=O)CCNC(=NCc1ccc(C)cc1OCC1CCCO1)NCC. The minimum Gasteiger partial charge on any atom is -0.491 e. The van der Waals surface area contributed by atoms with E-state index in [2.05, 4.69) is 46.1 Å². The molecule has 0 bridgehead atoms. The summed E-state index contributed by atoms with van der Waals surface area (Å²) in [6.07, 6.45) is 3.71. The van der Waals surface area contributed by atoms with E-state index in [4.69, 9.17) is 9.47 Å². The monoisotopic (exact) mass is 404 g/mol. The average molecular weight is 405 g/mol. The summed E-state index contributed by atoms with van der Waals surface area (Å²) in [6.45, 7) is 10.0. The summed E-state index contributed by atoms with van der Waals surface area (Å²) in [7, 11) is 0. The van der Waals surface area contributed by atoms with Crippen molar-refractivity contribution in [2.45, 2.75) is 59.1 Å². The van der Waals surface area contributed by atoms with E-state index in [-0.39, 0.29) is 12.0 Å². The third-order valence-corrected chi connectivity index (χ3v) is 4.64. The molecule has 1 aliphatic heterocycles. The van der Waals surface area contributed by atoms with Crippen molar-refractivity contribution in [3.05, 3.63) is 29.3 Å². The zero-order valence-electron chi connectivity index (χ0n) is 18.1. The van der Waals surface area contributed by atoms with E-state index in [0.29, 0.717) is 32.1 Å². The van der Waals surface area contributed by atoms with Gasteiger partial charge in [0.1, 0.15) is 12.4 Å². The maximum absolute atomic E-state index is 11.7. The first-order valence-corrected chi connectivity index (χ1v) is 10.7. The Labute approximate surface area is 174 Å². The standard InChI is InChI=1S/C22H36N4O3/c1-4-11-24-21(27)10-12-25-22(23-5-2)26-15-18-9-8-17(3)14-20(18)29-16-19-7-6-13-28-19/h8-9,14,19H,4-7,10-13,15-16H2,1-3H3,(H,24,27)(H2,23,25,26). The predicted octanol–water partition coefficient (Wildman–Crippen LogP) is 2.52. The molecule has 1 unspecified atom stereocenters. The van der Waals surface area contributed by atoms with Gasteiger partial charge in [-0.3, -0.25) is 4.79 Å². The van der Waals surface area contributed by atoms with Gasteiger partial charge in [0.15, 0.2) is 5.96 Å². The number of nitrogens with one attached hydrogen (secondary N) is 3. The van der Waals surface area contributed by atoms with Crippen molar-refractivity contribution in [1.82, 2.24) is 16.0 Å². The number of rotatable bonds is 11. The molecule has 29 heavy (non-hydrogen) atoms. The molecule has 0 aromatic heterocycles. The molecule has 162 valence electrons. The molecule has 7 heteroatoms. The number of ether oxygens (including phenoxy) is 2. The van der Waals surface area contributed by atoms with Gasteiger partial charge in [0, 0.05) is 38.2 Å². The molecule has 1 atom stereocenters. The largest absolute Gasteiger partial charge is 0.491 e. The number of benzene rings is 1. The second-order valence-electron chi connectivity index (χ2n) is 7.28. The lowest BCUT2D eigenvalue weighted by Crippen LogP contribution is -2.39. The van der Waals surface area contributed by atoms with Crippen LogP contribution in [0.2, 0.25) is 0 Å². The van der Waals surface area contributed by atoms with Crippen molar-refractivity contribution in [3.8, 4) is 5.75 Å². The average Bonchev–Trinajstić information content (AvgIpc) is 3.23. The van der Waals surface area contributed by atoms with Crippen molar-refractivity contribution in [2.75, 3.05) is 32.8 Å². The maximum atomic E-state index is 11.7. The topological polar surface area (TPSA) is 84.0 Å². The van der Waals surface area contributed by atoms with Gasteiger partial charge < -0.3 is 25.4 Å². The molecular formula is C22H36N4O3. The third kappa shape index (κ3) is 8.73. The van der Waals surface area contributed by atoms with Crippen LogP contribution in [0.25, 0.3) is 0 Å². The second kappa shape index (κ2) is 13.0. The summed E-state index contributed by atoms with van der Waals surface area (Å²) in [6, 6.07) is 6.19. The number of carbonyl (C=O) groups excluding carboxylic acids is 1. The van der Waals surface area contributed by atoms with E-state index in [0.717, 1.165) is 55.8 Å². The van der Waals surface area contributed by atoms with E-state index >= 15 is 0 Å². The molecule has 1 amide bonds. The van der Waals surface area contributed by atoms with Gasteiger partial charge in [-0.25, -0.2) is 4.99 Å². The Morgan fingerprint density at radius 2 is 2.10 bits per heavy atom. The molecule has 1 fully saturated rings. The van der Waals surface area contributed by atoms with Crippen LogP contribution in [0.4, 0.5) is 0 Å². The van der Waals surface area contributed by atoms with E-state index in [1.807, 2.05) is 13.8 Å². The molecule has 0 spiro atoms. The number of guanidine groups is 1. The van der Waals surface area contributed by atoms with Crippen molar-refractivity contribution in [1.29, 1.82) is 0 Å². The number of nitrogens with zero attached hydrogens (tertiary/aromatic N) is 1. The quantitative estimate of drug-likeness (QED) is 0.390. The van der Waals surface area contributed by atoms with Gasteiger partial charge in [0.05, 0.1) is 12.6 Å². The van der Waals surface area contributed by atoms with E-state index in [1.165, 1.54) is 0 Å². The molecular weight excluding hydrogens is 368 g/mol. The Kier molecular flexibility index (Phi) is 10.3. The Morgan fingerprint density at radius 1 is 1.24 bits per heavy atom. The molecule has 1 aromatic carbocycles. The van der Waals surface area contributed by atoms with Crippen molar-refractivity contribution >= 4 is 11.9 Å². The molecule has 1 aromatic rings. The summed E-state index contributed by atoms with van der Waals surface area (Å²) < 4.78 is 11.7. The Hall–Kier alpha value is -2.28. The van der Waals surface area contributed by atoms with Gasteiger partial charge in [-0.15, -0.1) is 0 Å².